The van der Waals surface area contributed by atoms with Crippen molar-refractivity contribution in [3.8, 4) is 0 Å². The molecule has 90 valence electrons. The second-order valence-corrected chi connectivity index (χ2v) is 3.84. The SMILES string of the molecule is CNc1ccccc1CNCc1cnn(C)n1. The molecule has 0 saturated heterocycles. The molecule has 5 heteroatoms. The van der Waals surface area contributed by atoms with Crippen molar-refractivity contribution in [3.05, 3.63) is 41.7 Å². The average Bonchev–Trinajstić information content (AvgIpc) is 2.76. The smallest absolute Gasteiger partial charge is 0.0964 e. The summed E-state index contributed by atoms with van der Waals surface area (Å²) in [5.74, 6) is 0. The summed E-state index contributed by atoms with van der Waals surface area (Å²) in [6.07, 6.45) is 1.77. The van der Waals surface area contributed by atoms with Gasteiger partial charge in [-0.3, -0.25) is 0 Å². The van der Waals surface area contributed by atoms with Crippen molar-refractivity contribution in [3.63, 3.8) is 0 Å². The Kier molecular flexibility index (Phi) is 3.72. The molecule has 0 unspecified atom stereocenters. The third-order valence-corrected chi connectivity index (χ3v) is 2.56. The lowest BCUT2D eigenvalue weighted by Crippen LogP contribution is -2.14. The fourth-order valence-electron chi connectivity index (χ4n) is 1.71. The van der Waals surface area contributed by atoms with Gasteiger partial charge in [0.15, 0.2) is 0 Å². The van der Waals surface area contributed by atoms with E-state index in [1.165, 1.54) is 5.56 Å². The molecule has 0 aliphatic heterocycles. The fraction of sp³-hybridized carbons (Fsp3) is 0.333. The van der Waals surface area contributed by atoms with E-state index in [9.17, 15) is 0 Å². The number of aromatic nitrogens is 3. The van der Waals surface area contributed by atoms with E-state index in [0.29, 0.717) is 0 Å². The van der Waals surface area contributed by atoms with Crippen LogP contribution in [0.25, 0.3) is 0 Å². The molecule has 2 N–H and O–H groups in total. The first-order chi connectivity index (χ1) is 8.29. The summed E-state index contributed by atoms with van der Waals surface area (Å²) in [4.78, 5) is 1.57. The van der Waals surface area contributed by atoms with Crippen molar-refractivity contribution in [2.75, 3.05) is 12.4 Å². The Morgan fingerprint density at radius 3 is 2.76 bits per heavy atom. The highest BCUT2D eigenvalue weighted by atomic mass is 15.4. The summed E-state index contributed by atoms with van der Waals surface area (Å²) in [6, 6.07) is 8.24. The molecule has 0 bridgehead atoms. The molecule has 0 aliphatic rings. The van der Waals surface area contributed by atoms with Gasteiger partial charge in [0, 0.05) is 32.9 Å². The average molecular weight is 231 g/mol. The van der Waals surface area contributed by atoms with Gasteiger partial charge in [0.25, 0.3) is 0 Å². The Morgan fingerprint density at radius 1 is 1.24 bits per heavy atom. The third-order valence-electron chi connectivity index (χ3n) is 2.56. The van der Waals surface area contributed by atoms with Crippen molar-refractivity contribution in [2.45, 2.75) is 13.1 Å². The van der Waals surface area contributed by atoms with E-state index < -0.39 is 0 Å². The molecule has 5 nitrogen and oxygen atoms in total. The van der Waals surface area contributed by atoms with Crippen LogP contribution in [0.15, 0.2) is 30.5 Å². The van der Waals surface area contributed by atoms with E-state index in [1.807, 2.05) is 26.2 Å². The highest BCUT2D eigenvalue weighted by Gasteiger charge is 2.00. The largest absolute Gasteiger partial charge is 0.388 e. The molecule has 1 aromatic heterocycles. The third kappa shape index (κ3) is 3.04. The lowest BCUT2D eigenvalue weighted by atomic mass is 10.2. The molecule has 1 heterocycles. The van der Waals surface area contributed by atoms with Crippen LogP contribution < -0.4 is 10.6 Å². The van der Waals surface area contributed by atoms with Gasteiger partial charge in [-0.1, -0.05) is 18.2 Å². The van der Waals surface area contributed by atoms with Crippen LogP contribution in [-0.4, -0.2) is 22.0 Å². The number of aryl methyl sites for hydroxylation is 1. The van der Waals surface area contributed by atoms with Crippen LogP contribution in [0, 0.1) is 0 Å². The van der Waals surface area contributed by atoms with Crippen LogP contribution >= 0.6 is 0 Å². The van der Waals surface area contributed by atoms with E-state index >= 15 is 0 Å². The Hall–Kier alpha value is -1.88. The quantitative estimate of drug-likeness (QED) is 0.810. The molecule has 0 amide bonds. The zero-order chi connectivity index (χ0) is 12.1. The maximum atomic E-state index is 4.21. The molecule has 2 aromatic rings. The first-order valence-corrected chi connectivity index (χ1v) is 5.61. The van der Waals surface area contributed by atoms with Crippen molar-refractivity contribution in [2.24, 2.45) is 7.05 Å². The maximum absolute atomic E-state index is 4.21. The number of rotatable bonds is 5. The van der Waals surface area contributed by atoms with Gasteiger partial charge in [-0.15, -0.1) is 0 Å². The Balaban J connectivity index is 1.89. The van der Waals surface area contributed by atoms with Gasteiger partial charge in [-0.05, 0) is 11.6 Å². The predicted octanol–water partition coefficient (Wildman–Crippen LogP) is 1.15. The monoisotopic (exact) mass is 231 g/mol. The van der Waals surface area contributed by atoms with E-state index in [0.717, 1.165) is 24.5 Å². The van der Waals surface area contributed by atoms with Crippen LogP contribution in [0.2, 0.25) is 0 Å². The normalized spacial score (nSPS) is 10.5. The van der Waals surface area contributed by atoms with E-state index in [-0.39, 0.29) is 0 Å². The Morgan fingerprint density at radius 2 is 2.06 bits per heavy atom. The minimum atomic E-state index is 0.728. The lowest BCUT2D eigenvalue weighted by molar-refractivity contribution is 0.623. The minimum Gasteiger partial charge on any atom is -0.388 e. The zero-order valence-corrected chi connectivity index (χ0v) is 10.1. The van der Waals surface area contributed by atoms with E-state index in [1.54, 1.807) is 11.0 Å². The number of nitrogens with zero attached hydrogens (tertiary/aromatic N) is 3. The van der Waals surface area contributed by atoms with Crippen LogP contribution in [0.4, 0.5) is 5.69 Å². The maximum Gasteiger partial charge on any atom is 0.0964 e. The fourth-order valence-corrected chi connectivity index (χ4v) is 1.71. The van der Waals surface area contributed by atoms with Gasteiger partial charge in [0.2, 0.25) is 0 Å². The van der Waals surface area contributed by atoms with E-state index in [4.69, 9.17) is 0 Å². The number of anilines is 1. The zero-order valence-electron chi connectivity index (χ0n) is 10.1. The molecule has 0 spiro atoms. The molecule has 2 rings (SSSR count). The molecule has 0 aliphatic carbocycles. The molecule has 0 radical (unpaired) electrons. The van der Waals surface area contributed by atoms with E-state index in [2.05, 4.69) is 33.0 Å². The molecule has 0 fully saturated rings. The van der Waals surface area contributed by atoms with Crippen molar-refractivity contribution >= 4 is 5.69 Å². The minimum absolute atomic E-state index is 0.728. The standard InChI is InChI=1S/C12H17N5/c1-13-12-6-4-3-5-10(12)7-14-8-11-9-15-17(2)16-11/h3-6,9,13-14H,7-8H2,1-2H3. The second kappa shape index (κ2) is 5.45. The highest BCUT2D eigenvalue weighted by Crippen LogP contribution is 2.13. The lowest BCUT2D eigenvalue weighted by Gasteiger charge is -2.08. The highest BCUT2D eigenvalue weighted by molar-refractivity contribution is 5.50. The molecule has 0 saturated carbocycles. The molecular weight excluding hydrogens is 214 g/mol. The number of para-hydroxylation sites is 1. The first kappa shape index (κ1) is 11.6. The molecule has 1 aromatic carbocycles. The molecule has 0 atom stereocenters. The molecular formula is C12H17N5. The number of benzene rings is 1. The number of nitrogens with one attached hydrogen (secondary N) is 2. The molecule has 17 heavy (non-hydrogen) atoms. The van der Waals surface area contributed by atoms with Gasteiger partial charge in [-0.25, -0.2) is 0 Å². The van der Waals surface area contributed by atoms with Gasteiger partial charge in [-0.2, -0.15) is 15.0 Å². The van der Waals surface area contributed by atoms with Crippen molar-refractivity contribution in [1.29, 1.82) is 0 Å². The van der Waals surface area contributed by atoms with Crippen molar-refractivity contribution in [1.82, 2.24) is 20.3 Å². The van der Waals surface area contributed by atoms with Gasteiger partial charge in [0.05, 0.1) is 11.9 Å². The summed E-state index contributed by atoms with van der Waals surface area (Å²) in [7, 11) is 3.75. The summed E-state index contributed by atoms with van der Waals surface area (Å²) in [5, 5.41) is 14.8. The van der Waals surface area contributed by atoms with Crippen molar-refractivity contribution < 1.29 is 0 Å². The summed E-state index contributed by atoms with van der Waals surface area (Å²) in [6.45, 7) is 1.54. The van der Waals surface area contributed by atoms with Crippen LogP contribution in [0.3, 0.4) is 0 Å². The van der Waals surface area contributed by atoms with Crippen LogP contribution in [0.5, 0.6) is 0 Å². The summed E-state index contributed by atoms with van der Waals surface area (Å²) >= 11 is 0. The number of hydrogen-bond acceptors (Lipinski definition) is 4. The van der Waals surface area contributed by atoms with Gasteiger partial charge < -0.3 is 10.6 Å². The summed E-state index contributed by atoms with van der Waals surface area (Å²) in [5.41, 5.74) is 3.35. The summed E-state index contributed by atoms with van der Waals surface area (Å²) < 4.78 is 0. The van der Waals surface area contributed by atoms with Crippen LogP contribution in [-0.2, 0) is 20.1 Å². The Bertz CT molecular complexity index is 477. The second-order valence-electron chi connectivity index (χ2n) is 3.84. The predicted molar refractivity (Wildman–Crippen MR) is 67.5 cm³/mol. The first-order valence-electron chi connectivity index (χ1n) is 5.61. The van der Waals surface area contributed by atoms with Gasteiger partial charge >= 0.3 is 0 Å². The topological polar surface area (TPSA) is 54.8 Å². The number of hydrogen-bond donors (Lipinski definition) is 2. The van der Waals surface area contributed by atoms with Gasteiger partial charge in [0.1, 0.15) is 0 Å². The van der Waals surface area contributed by atoms with Crippen LogP contribution in [0.1, 0.15) is 11.3 Å². The Labute approximate surface area is 101 Å².